The summed E-state index contributed by atoms with van der Waals surface area (Å²) >= 11 is 0. The molecule has 2 aromatic carbocycles. The molecule has 2 aliphatic carbocycles. The van der Waals surface area contributed by atoms with Crippen LogP contribution in [-0.2, 0) is 37.0 Å². The van der Waals surface area contributed by atoms with E-state index in [-0.39, 0.29) is 37.0 Å². The van der Waals surface area contributed by atoms with Crippen LogP contribution in [0, 0.1) is 64.2 Å². The number of hydrogen-bond acceptors (Lipinski definition) is 2. The Morgan fingerprint density at radius 1 is 0.394 bits per heavy atom. The topological polar surface area (TPSA) is 40.5 Å². The largest absolute Gasteiger partial charge is 2.00 e. The van der Waals surface area contributed by atoms with Gasteiger partial charge in [0.15, 0.2) is 0 Å². The second-order valence-electron chi connectivity index (χ2n) is 9.52. The second kappa shape index (κ2) is 16.5. The maximum Gasteiger partial charge on any atom is 2.00 e. The first-order valence-corrected chi connectivity index (χ1v) is 10.9. The maximum atomic E-state index is 9.02. The van der Waals surface area contributed by atoms with E-state index in [1.165, 1.54) is 11.1 Å². The zero-order valence-corrected chi connectivity index (χ0v) is 23.2. The van der Waals surface area contributed by atoms with Crippen molar-refractivity contribution in [2.75, 3.05) is 0 Å². The fourth-order valence-corrected chi connectivity index (χ4v) is 2.56. The van der Waals surface area contributed by atoms with Gasteiger partial charge in [0, 0.05) is 0 Å². The third-order valence-electron chi connectivity index (χ3n) is 4.58. The molecular weight excluding hydrogens is 484 g/mol. The van der Waals surface area contributed by atoms with Gasteiger partial charge in [0.25, 0.3) is 0 Å². The molecule has 0 bridgehead atoms. The monoisotopic (exact) mass is 520 g/mol. The molecule has 2 aromatic rings. The normalized spacial score (nSPS) is 15.0. The van der Waals surface area contributed by atoms with Gasteiger partial charge in [-0.1, -0.05) is 65.8 Å². The van der Waals surface area contributed by atoms with Gasteiger partial charge in [0.2, 0.25) is 0 Å². The number of aromatic hydroxyl groups is 2. The van der Waals surface area contributed by atoms with Gasteiger partial charge < -0.3 is 10.2 Å². The summed E-state index contributed by atoms with van der Waals surface area (Å²) in [5.74, 6) is 0.663. The van der Waals surface area contributed by atoms with Crippen molar-refractivity contribution in [3.8, 4) is 11.5 Å². The van der Waals surface area contributed by atoms with Crippen molar-refractivity contribution < 1.29 is 36.4 Å². The number of rotatable bonds is 0. The molecule has 3 heteroatoms. The molecular formula is C30H38O2Zr+2. The van der Waals surface area contributed by atoms with Crippen LogP contribution in [0.3, 0.4) is 0 Å². The van der Waals surface area contributed by atoms with Crippen LogP contribution in [0.5, 0.6) is 11.5 Å². The van der Waals surface area contributed by atoms with Gasteiger partial charge in [-0.25, -0.2) is 0 Å². The SMILES string of the molecule is CC(C)(C)c1ccc(O)cc1.CC(C)(C)c1ccc(O)cc1.[CH]1[CH][CH][CH][CH]1.[CH]1[CH][CH][CH][CH]1.[Zr+2]. The summed E-state index contributed by atoms with van der Waals surface area (Å²) in [6.45, 7) is 12.9. The van der Waals surface area contributed by atoms with E-state index in [1.54, 1.807) is 24.3 Å². The molecule has 172 valence electrons. The van der Waals surface area contributed by atoms with Gasteiger partial charge in [0.05, 0.1) is 0 Å². The van der Waals surface area contributed by atoms with Gasteiger partial charge in [-0.15, -0.1) is 0 Å². The predicted molar refractivity (Wildman–Crippen MR) is 137 cm³/mol. The predicted octanol–water partition coefficient (Wildman–Crippen LogP) is 7.42. The molecule has 0 heterocycles. The molecule has 2 saturated carbocycles. The zero-order valence-electron chi connectivity index (χ0n) is 20.8. The maximum absolute atomic E-state index is 9.02. The Hall–Kier alpha value is -1.08. The van der Waals surface area contributed by atoms with Crippen molar-refractivity contribution in [3.63, 3.8) is 0 Å². The van der Waals surface area contributed by atoms with E-state index in [1.807, 2.05) is 88.5 Å². The fraction of sp³-hybridized carbons (Fsp3) is 0.267. The summed E-state index contributed by atoms with van der Waals surface area (Å²) < 4.78 is 0. The molecule has 33 heavy (non-hydrogen) atoms. The van der Waals surface area contributed by atoms with E-state index in [0.29, 0.717) is 11.5 Å². The van der Waals surface area contributed by atoms with E-state index >= 15 is 0 Å². The average molecular weight is 522 g/mol. The average Bonchev–Trinajstić information content (AvgIpc) is 3.47. The Balaban J connectivity index is 0.000000434. The molecule has 2 aliphatic rings. The molecule has 0 spiro atoms. The Bertz CT molecular complexity index is 633. The van der Waals surface area contributed by atoms with Crippen molar-refractivity contribution in [1.29, 1.82) is 0 Å². The van der Waals surface area contributed by atoms with Crippen LogP contribution in [0.2, 0.25) is 0 Å². The first-order valence-electron chi connectivity index (χ1n) is 10.9. The number of phenols is 2. The van der Waals surface area contributed by atoms with Crippen LogP contribution in [0.15, 0.2) is 48.5 Å². The molecule has 0 saturated heterocycles. The minimum atomic E-state index is 0. The minimum absolute atomic E-state index is 0. The van der Waals surface area contributed by atoms with Gasteiger partial charge >= 0.3 is 26.2 Å². The molecule has 4 rings (SSSR count). The van der Waals surface area contributed by atoms with Crippen LogP contribution in [0.4, 0.5) is 0 Å². The van der Waals surface area contributed by atoms with Crippen LogP contribution in [0.25, 0.3) is 0 Å². The molecule has 10 radical (unpaired) electrons. The zero-order chi connectivity index (χ0) is 24.0. The molecule has 2 nitrogen and oxygen atoms in total. The number of hydrogen-bond donors (Lipinski definition) is 2. The molecule has 0 aromatic heterocycles. The quantitative estimate of drug-likeness (QED) is 0.379. The van der Waals surface area contributed by atoms with Crippen LogP contribution in [0.1, 0.15) is 52.7 Å². The Labute approximate surface area is 223 Å². The number of benzene rings is 2. The van der Waals surface area contributed by atoms with Gasteiger partial charge in [-0.3, -0.25) is 0 Å². The van der Waals surface area contributed by atoms with Crippen LogP contribution >= 0.6 is 0 Å². The minimum Gasteiger partial charge on any atom is -0.508 e. The molecule has 0 aliphatic heterocycles. The smallest absolute Gasteiger partial charge is 0.508 e. The Morgan fingerprint density at radius 2 is 0.576 bits per heavy atom. The summed E-state index contributed by atoms with van der Waals surface area (Å²) in [6, 6.07) is 14.7. The summed E-state index contributed by atoms with van der Waals surface area (Å²) in [7, 11) is 0. The summed E-state index contributed by atoms with van der Waals surface area (Å²) in [4.78, 5) is 0. The van der Waals surface area contributed by atoms with Crippen molar-refractivity contribution in [3.05, 3.63) is 124 Å². The summed E-state index contributed by atoms with van der Waals surface area (Å²) in [5, 5.41) is 18.0. The molecule has 0 unspecified atom stereocenters. The third kappa shape index (κ3) is 15.4. The van der Waals surface area contributed by atoms with Crippen molar-refractivity contribution in [1.82, 2.24) is 0 Å². The second-order valence-corrected chi connectivity index (χ2v) is 9.52. The molecule has 2 N–H and O–H groups in total. The van der Waals surface area contributed by atoms with Crippen LogP contribution < -0.4 is 0 Å². The fourth-order valence-electron chi connectivity index (χ4n) is 2.56. The molecule has 2 fully saturated rings. The van der Waals surface area contributed by atoms with E-state index < -0.39 is 0 Å². The van der Waals surface area contributed by atoms with Crippen molar-refractivity contribution in [2.24, 2.45) is 0 Å². The molecule has 0 atom stereocenters. The summed E-state index contributed by atoms with van der Waals surface area (Å²) in [5.41, 5.74) is 2.84. The first-order chi connectivity index (χ1) is 15.0. The Morgan fingerprint density at radius 3 is 0.727 bits per heavy atom. The Kier molecular flexibility index (Phi) is 16.0. The summed E-state index contributed by atoms with van der Waals surface area (Å²) in [6.07, 6.45) is 20.0. The standard InChI is InChI=1S/2C10H14O.2C5H5.Zr/c2*1-10(2,3)8-4-6-9(11)7-5-8;2*1-2-4-5-3-1;/h2*4-7,11H,1-3H3;2*1-5H;/q;;;;+2. The third-order valence-corrected chi connectivity index (χ3v) is 4.58. The van der Waals surface area contributed by atoms with E-state index in [0.717, 1.165) is 0 Å². The van der Waals surface area contributed by atoms with E-state index in [2.05, 4.69) is 41.5 Å². The molecule has 0 amide bonds. The van der Waals surface area contributed by atoms with Gasteiger partial charge in [-0.2, -0.15) is 0 Å². The van der Waals surface area contributed by atoms with Crippen molar-refractivity contribution in [2.45, 2.75) is 52.4 Å². The van der Waals surface area contributed by atoms with E-state index in [9.17, 15) is 0 Å². The van der Waals surface area contributed by atoms with Gasteiger partial charge in [-0.05, 0) is 110 Å². The van der Waals surface area contributed by atoms with Crippen LogP contribution in [-0.4, -0.2) is 10.2 Å². The van der Waals surface area contributed by atoms with E-state index in [4.69, 9.17) is 10.2 Å². The first kappa shape index (κ1) is 31.9. The van der Waals surface area contributed by atoms with Crippen molar-refractivity contribution >= 4 is 0 Å². The number of phenolic OH excluding ortho intramolecular Hbond substituents is 2. The van der Waals surface area contributed by atoms with Gasteiger partial charge in [0.1, 0.15) is 11.5 Å².